The van der Waals surface area contributed by atoms with E-state index in [0.29, 0.717) is 19.4 Å². The first kappa shape index (κ1) is 16.0. The van der Waals surface area contributed by atoms with Crippen LogP contribution in [0, 0.1) is 12.8 Å². The number of hydrogen-bond acceptors (Lipinski definition) is 2. The lowest BCUT2D eigenvalue weighted by molar-refractivity contribution is -0.141. The predicted molar refractivity (Wildman–Crippen MR) is 79.0 cm³/mol. The van der Waals surface area contributed by atoms with Gasteiger partial charge < -0.3 is 10.4 Å². The van der Waals surface area contributed by atoms with Gasteiger partial charge in [0, 0.05) is 19.3 Å². The molecule has 2 N–H and O–H groups in total. The molecule has 1 aromatic carbocycles. The third kappa shape index (κ3) is 4.91. The van der Waals surface area contributed by atoms with E-state index < -0.39 is 5.97 Å². The SMILES string of the molecule is Cc1cccc(N(C)C(=O)NCCCC(C)C(=O)O)c1. The van der Waals surface area contributed by atoms with Crippen LogP contribution in [0.3, 0.4) is 0 Å². The fraction of sp³-hybridized carbons (Fsp3) is 0.467. The van der Waals surface area contributed by atoms with E-state index in [2.05, 4.69) is 5.32 Å². The van der Waals surface area contributed by atoms with Crippen LogP contribution in [0.2, 0.25) is 0 Å². The Hall–Kier alpha value is -2.04. The molecule has 0 heterocycles. The second-order valence-corrected chi connectivity index (χ2v) is 5.01. The fourth-order valence-electron chi connectivity index (χ4n) is 1.80. The number of rotatable bonds is 6. The number of nitrogens with one attached hydrogen (secondary N) is 1. The molecule has 5 nitrogen and oxygen atoms in total. The monoisotopic (exact) mass is 278 g/mol. The van der Waals surface area contributed by atoms with Crippen LogP contribution in [-0.4, -0.2) is 30.7 Å². The van der Waals surface area contributed by atoms with Crippen LogP contribution in [0.15, 0.2) is 24.3 Å². The fourth-order valence-corrected chi connectivity index (χ4v) is 1.80. The van der Waals surface area contributed by atoms with Crippen LogP contribution in [-0.2, 0) is 4.79 Å². The first-order chi connectivity index (χ1) is 9.41. The summed E-state index contributed by atoms with van der Waals surface area (Å²) in [5, 5.41) is 11.5. The molecule has 2 amide bonds. The normalized spacial score (nSPS) is 11.8. The molecule has 1 atom stereocenters. The molecule has 1 aromatic rings. The number of carbonyl (C=O) groups is 2. The molecular formula is C15H22N2O3. The molecule has 110 valence electrons. The molecule has 0 saturated heterocycles. The van der Waals surface area contributed by atoms with Crippen molar-refractivity contribution in [2.75, 3.05) is 18.5 Å². The molecule has 0 radical (unpaired) electrons. The molecule has 0 aliphatic rings. The minimum absolute atomic E-state index is 0.182. The van der Waals surface area contributed by atoms with Crippen LogP contribution < -0.4 is 10.2 Å². The van der Waals surface area contributed by atoms with Crippen LogP contribution in [0.25, 0.3) is 0 Å². The van der Waals surface area contributed by atoms with Gasteiger partial charge in [-0.05, 0) is 37.5 Å². The van der Waals surface area contributed by atoms with Gasteiger partial charge in [0.1, 0.15) is 0 Å². The predicted octanol–water partition coefficient (Wildman–Crippen LogP) is 2.64. The second-order valence-electron chi connectivity index (χ2n) is 5.01. The van der Waals surface area contributed by atoms with Crippen molar-refractivity contribution in [1.29, 1.82) is 0 Å². The molecule has 1 unspecified atom stereocenters. The largest absolute Gasteiger partial charge is 0.481 e. The lowest BCUT2D eigenvalue weighted by Gasteiger charge is -2.18. The standard InChI is InChI=1S/C15H22N2O3/c1-11-6-4-8-13(10-11)17(3)15(20)16-9-5-7-12(2)14(18)19/h4,6,8,10,12H,5,7,9H2,1-3H3,(H,16,20)(H,18,19). The van der Waals surface area contributed by atoms with Gasteiger partial charge in [-0.15, -0.1) is 0 Å². The van der Waals surface area contributed by atoms with E-state index >= 15 is 0 Å². The van der Waals surface area contributed by atoms with Gasteiger partial charge in [-0.2, -0.15) is 0 Å². The molecule has 1 rings (SSSR count). The number of aryl methyl sites for hydroxylation is 1. The first-order valence-electron chi connectivity index (χ1n) is 6.73. The summed E-state index contributed by atoms with van der Waals surface area (Å²) in [6.45, 7) is 4.12. The van der Waals surface area contributed by atoms with Gasteiger partial charge in [0.2, 0.25) is 0 Å². The van der Waals surface area contributed by atoms with Crippen molar-refractivity contribution >= 4 is 17.7 Å². The lowest BCUT2D eigenvalue weighted by Crippen LogP contribution is -2.37. The maximum Gasteiger partial charge on any atom is 0.321 e. The number of anilines is 1. The molecule has 0 aromatic heterocycles. The van der Waals surface area contributed by atoms with E-state index in [9.17, 15) is 9.59 Å². The number of hydrogen-bond donors (Lipinski definition) is 2. The van der Waals surface area contributed by atoms with Crippen molar-refractivity contribution in [2.45, 2.75) is 26.7 Å². The van der Waals surface area contributed by atoms with Crippen LogP contribution in [0.1, 0.15) is 25.3 Å². The number of carboxylic acid groups (broad SMARTS) is 1. The van der Waals surface area contributed by atoms with E-state index in [1.807, 2.05) is 31.2 Å². The Morgan fingerprint density at radius 1 is 1.40 bits per heavy atom. The highest BCUT2D eigenvalue weighted by atomic mass is 16.4. The van der Waals surface area contributed by atoms with Gasteiger partial charge in [-0.3, -0.25) is 9.69 Å². The Balaban J connectivity index is 2.37. The molecule has 0 spiro atoms. The zero-order valence-corrected chi connectivity index (χ0v) is 12.2. The average Bonchev–Trinajstić information content (AvgIpc) is 2.42. The van der Waals surface area contributed by atoms with Crippen molar-refractivity contribution < 1.29 is 14.7 Å². The van der Waals surface area contributed by atoms with Crippen LogP contribution >= 0.6 is 0 Å². The molecule has 0 fully saturated rings. The van der Waals surface area contributed by atoms with E-state index in [-0.39, 0.29) is 11.9 Å². The lowest BCUT2D eigenvalue weighted by atomic mass is 10.1. The van der Waals surface area contributed by atoms with Gasteiger partial charge in [-0.1, -0.05) is 19.1 Å². The first-order valence-corrected chi connectivity index (χ1v) is 6.73. The van der Waals surface area contributed by atoms with Crippen molar-refractivity contribution in [2.24, 2.45) is 5.92 Å². The zero-order chi connectivity index (χ0) is 15.1. The van der Waals surface area contributed by atoms with Crippen LogP contribution in [0.4, 0.5) is 10.5 Å². The highest BCUT2D eigenvalue weighted by Gasteiger charge is 2.12. The quantitative estimate of drug-likeness (QED) is 0.786. The summed E-state index contributed by atoms with van der Waals surface area (Å²) >= 11 is 0. The maximum absolute atomic E-state index is 11.9. The van der Waals surface area contributed by atoms with E-state index in [1.54, 1.807) is 18.9 Å². The summed E-state index contributed by atoms with van der Waals surface area (Å²) in [6.07, 6.45) is 1.21. The van der Waals surface area contributed by atoms with E-state index in [0.717, 1.165) is 11.3 Å². The number of nitrogens with zero attached hydrogens (tertiary/aromatic N) is 1. The summed E-state index contributed by atoms with van der Waals surface area (Å²) in [5.41, 5.74) is 1.93. The van der Waals surface area contributed by atoms with Crippen molar-refractivity contribution in [3.8, 4) is 0 Å². The molecule has 0 bridgehead atoms. The van der Waals surface area contributed by atoms with Crippen LogP contribution in [0.5, 0.6) is 0 Å². The van der Waals surface area contributed by atoms with Gasteiger partial charge in [0.15, 0.2) is 0 Å². The van der Waals surface area contributed by atoms with Gasteiger partial charge in [0.05, 0.1) is 5.92 Å². The molecular weight excluding hydrogens is 256 g/mol. The number of aliphatic carboxylic acids is 1. The maximum atomic E-state index is 11.9. The molecule has 5 heteroatoms. The molecule has 0 saturated carbocycles. The van der Waals surface area contributed by atoms with E-state index in [1.165, 1.54) is 0 Å². The molecule has 20 heavy (non-hydrogen) atoms. The summed E-state index contributed by atoms with van der Waals surface area (Å²) in [6, 6.07) is 7.51. The van der Waals surface area contributed by atoms with Crippen molar-refractivity contribution in [3.05, 3.63) is 29.8 Å². The zero-order valence-electron chi connectivity index (χ0n) is 12.2. The number of carboxylic acids is 1. The highest BCUT2D eigenvalue weighted by molar-refractivity contribution is 5.91. The van der Waals surface area contributed by atoms with Crippen molar-refractivity contribution in [3.63, 3.8) is 0 Å². The Morgan fingerprint density at radius 3 is 2.70 bits per heavy atom. The van der Waals surface area contributed by atoms with Gasteiger partial charge >= 0.3 is 12.0 Å². The van der Waals surface area contributed by atoms with Gasteiger partial charge in [-0.25, -0.2) is 4.79 Å². The van der Waals surface area contributed by atoms with Gasteiger partial charge in [0.25, 0.3) is 0 Å². The third-order valence-electron chi connectivity index (χ3n) is 3.21. The average molecular weight is 278 g/mol. The minimum Gasteiger partial charge on any atom is -0.481 e. The minimum atomic E-state index is -0.798. The number of carbonyl (C=O) groups excluding carboxylic acids is 1. The topological polar surface area (TPSA) is 69.6 Å². The highest BCUT2D eigenvalue weighted by Crippen LogP contribution is 2.14. The Labute approximate surface area is 119 Å². The Morgan fingerprint density at radius 2 is 2.10 bits per heavy atom. The summed E-state index contributed by atoms with van der Waals surface area (Å²) in [7, 11) is 1.71. The summed E-state index contributed by atoms with van der Waals surface area (Å²) in [5.74, 6) is -1.17. The third-order valence-corrected chi connectivity index (χ3v) is 3.21. The number of amides is 2. The number of benzene rings is 1. The van der Waals surface area contributed by atoms with E-state index in [4.69, 9.17) is 5.11 Å². The molecule has 0 aliphatic carbocycles. The Kier molecular flexibility index (Phi) is 6.03. The summed E-state index contributed by atoms with van der Waals surface area (Å²) < 4.78 is 0. The molecule has 0 aliphatic heterocycles. The second kappa shape index (κ2) is 7.53. The Bertz CT molecular complexity index is 474. The van der Waals surface area contributed by atoms with Crippen molar-refractivity contribution in [1.82, 2.24) is 5.32 Å². The summed E-state index contributed by atoms with van der Waals surface area (Å²) in [4.78, 5) is 24.1. The number of urea groups is 1. The smallest absolute Gasteiger partial charge is 0.321 e.